The lowest BCUT2D eigenvalue weighted by Gasteiger charge is -2.20. The van der Waals surface area contributed by atoms with Crippen LogP contribution in [-0.4, -0.2) is 35.6 Å². The molecule has 0 fully saturated rings. The van der Waals surface area contributed by atoms with Gasteiger partial charge < -0.3 is 10.2 Å². The van der Waals surface area contributed by atoms with Crippen molar-refractivity contribution in [3.8, 4) is 6.07 Å². The summed E-state index contributed by atoms with van der Waals surface area (Å²) in [5.74, 6) is 0. The first-order chi connectivity index (χ1) is 9.21. The highest BCUT2D eigenvalue weighted by molar-refractivity contribution is 5.53. The highest BCUT2D eigenvalue weighted by Crippen LogP contribution is 2.14. The average molecular weight is 260 g/mol. The van der Waals surface area contributed by atoms with Gasteiger partial charge in [-0.25, -0.2) is 4.98 Å². The molecule has 1 rings (SSSR count). The third kappa shape index (κ3) is 5.27. The van der Waals surface area contributed by atoms with Crippen molar-refractivity contribution in [2.24, 2.45) is 0 Å². The van der Waals surface area contributed by atoms with Gasteiger partial charge in [-0.1, -0.05) is 13.8 Å². The summed E-state index contributed by atoms with van der Waals surface area (Å²) in [4.78, 5) is 6.48. The first-order valence-corrected chi connectivity index (χ1v) is 7.05. The van der Waals surface area contributed by atoms with Crippen LogP contribution in [-0.2, 0) is 0 Å². The fourth-order valence-electron chi connectivity index (χ4n) is 2.11. The molecule has 0 saturated heterocycles. The number of nitrogens with zero attached hydrogens (tertiary/aromatic N) is 3. The normalized spacial score (nSPS) is 12.2. The largest absolute Gasteiger partial charge is 0.380 e. The molecule has 0 aromatic carbocycles. The van der Waals surface area contributed by atoms with Gasteiger partial charge in [0.05, 0.1) is 5.69 Å². The van der Waals surface area contributed by atoms with E-state index in [-0.39, 0.29) is 0 Å². The van der Waals surface area contributed by atoms with E-state index >= 15 is 0 Å². The summed E-state index contributed by atoms with van der Waals surface area (Å²) in [6.45, 7) is 9.90. The van der Waals surface area contributed by atoms with Crippen LogP contribution in [0.5, 0.6) is 0 Å². The third-order valence-corrected chi connectivity index (χ3v) is 3.32. The van der Waals surface area contributed by atoms with E-state index < -0.39 is 0 Å². The first-order valence-electron chi connectivity index (χ1n) is 7.05. The summed E-state index contributed by atoms with van der Waals surface area (Å²) in [6.07, 6.45) is 3.91. The van der Waals surface area contributed by atoms with Crippen molar-refractivity contribution in [1.29, 1.82) is 5.26 Å². The van der Waals surface area contributed by atoms with Crippen LogP contribution in [0, 0.1) is 11.3 Å². The highest BCUT2D eigenvalue weighted by Gasteiger charge is 2.07. The molecule has 0 bridgehead atoms. The minimum atomic E-state index is 0.354. The lowest BCUT2D eigenvalue weighted by atomic mass is 10.1. The van der Waals surface area contributed by atoms with E-state index in [2.05, 4.69) is 42.0 Å². The summed E-state index contributed by atoms with van der Waals surface area (Å²) < 4.78 is 0. The second-order valence-corrected chi connectivity index (χ2v) is 4.73. The lowest BCUT2D eigenvalue weighted by molar-refractivity contribution is 0.295. The van der Waals surface area contributed by atoms with Crippen LogP contribution in [0.2, 0.25) is 0 Å². The fraction of sp³-hybridized carbons (Fsp3) is 0.600. The van der Waals surface area contributed by atoms with Crippen LogP contribution in [0.4, 0.5) is 5.69 Å². The minimum Gasteiger partial charge on any atom is -0.380 e. The SMILES string of the molecule is CCN(CC)CCCC(C)Nc1cccnc1C#N. The van der Waals surface area contributed by atoms with Crippen LogP contribution in [0.15, 0.2) is 18.3 Å². The van der Waals surface area contributed by atoms with Gasteiger partial charge in [0.15, 0.2) is 5.69 Å². The topological polar surface area (TPSA) is 52.0 Å². The molecule has 4 heteroatoms. The Bertz CT molecular complexity index is 407. The Kier molecular flexibility index (Phi) is 6.91. The van der Waals surface area contributed by atoms with Gasteiger partial charge in [-0.05, 0) is 51.5 Å². The Balaban J connectivity index is 2.39. The smallest absolute Gasteiger partial charge is 0.163 e. The minimum absolute atomic E-state index is 0.354. The number of nitriles is 1. The molecule has 1 aromatic heterocycles. The number of aromatic nitrogens is 1. The van der Waals surface area contributed by atoms with E-state index in [4.69, 9.17) is 5.26 Å². The number of hydrogen-bond acceptors (Lipinski definition) is 4. The van der Waals surface area contributed by atoms with Crippen LogP contribution < -0.4 is 5.32 Å². The molecule has 1 aromatic rings. The van der Waals surface area contributed by atoms with Gasteiger partial charge in [0, 0.05) is 12.2 Å². The maximum absolute atomic E-state index is 8.98. The van der Waals surface area contributed by atoms with E-state index in [0.717, 1.165) is 38.2 Å². The number of hydrogen-bond donors (Lipinski definition) is 1. The van der Waals surface area contributed by atoms with Crippen LogP contribution in [0.25, 0.3) is 0 Å². The Morgan fingerprint density at radius 3 is 2.79 bits per heavy atom. The monoisotopic (exact) mass is 260 g/mol. The van der Waals surface area contributed by atoms with Gasteiger partial charge in [-0.2, -0.15) is 5.26 Å². The summed E-state index contributed by atoms with van der Waals surface area (Å²) in [5.41, 5.74) is 1.30. The van der Waals surface area contributed by atoms with Crippen LogP contribution in [0.1, 0.15) is 39.3 Å². The Labute approximate surface area is 116 Å². The molecular formula is C15H24N4. The molecule has 4 nitrogen and oxygen atoms in total. The van der Waals surface area contributed by atoms with Crippen LogP contribution in [0.3, 0.4) is 0 Å². The maximum atomic E-state index is 8.98. The molecule has 1 atom stereocenters. The first kappa shape index (κ1) is 15.5. The van der Waals surface area contributed by atoms with Gasteiger partial charge in [-0.15, -0.1) is 0 Å². The van der Waals surface area contributed by atoms with Gasteiger partial charge in [0.2, 0.25) is 0 Å². The molecule has 0 aliphatic rings. The van der Waals surface area contributed by atoms with Crippen molar-refractivity contribution >= 4 is 5.69 Å². The van der Waals surface area contributed by atoms with Crippen LogP contribution >= 0.6 is 0 Å². The van der Waals surface area contributed by atoms with Crippen molar-refractivity contribution in [2.75, 3.05) is 25.0 Å². The van der Waals surface area contributed by atoms with E-state index in [1.165, 1.54) is 0 Å². The molecule has 0 saturated carbocycles. The zero-order valence-electron chi connectivity index (χ0n) is 12.2. The number of pyridine rings is 1. The van der Waals surface area contributed by atoms with Gasteiger partial charge in [0.1, 0.15) is 6.07 Å². The number of nitrogens with one attached hydrogen (secondary N) is 1. The number of anilines is 1. The third-order valence-electron chi connectivity index (χ3n) is 3.32. The molecule has 0 aliphatic carbocycles. The molecule has 19 heavy (non-hydrogen) atoms. The van der Waals surface area contributed by atoms with Crippen molar-refractivity contribution in [2.45, 2.75) is 39.7 Å². The van der Waals surface area contributed by atoms with E-state index in [1.807, 2.05) is 12.1 Å². The summed E-state index contributed by atoms with van der Waals surface area (Å²) >= 11 is 0. The van der Waals surface area contributed by atoms with Gasteiger partial charge >= 0.3 is 0 Å². The molecule has 1 N–H and O–H groups in total. The zero-order chi connectivity index (χ0) is 14.1. The second-order valence-electron chi connectivity index (χ2n) is 4.73. The van der Waals surface area contributed by atoms with Gasteiger partial charge in [0.25, 0.3) is 0 Å². The standard InChI is InChI=1S/C15H24N4/c1-4-19(5-2)11-7-8-13(3)18-14-9-6-10-17-15(14)12-16/h6,9-10,13,18H,4-5,7-8,11H2,1-3H3. The Hall–Kier alpha value is -1.60. The number of rotatable bonds is 8. The molecule has 104 valence electrons. The predicted octanol–water partition coefficient (Wildman–Crippen LogP) is 2.88. The molecule has 1 heterocycles. The molecular weight excluding hydrogens is 236 g/mol. The van der Waals surface area contributed by atoms with Crippen molar-refractivity contribution in [3.63, 3.8) is 0 Å². The summed E-state index contributed by atoms with van der Waals surface area (Å²) in [6, 6.07) is 6.23. The fourth-order valence-corrected chi connectivity index (χ4v) is 2.11. The van der Waals surface area contributed by atoms with Crippen molar-refractivity contribution in [1.82, 2.24) is 9.88 Å². The Morgan fingerprint density at radius 1 is 1.42 bits per heavy atom. The molecule has 0 spiro atoms. The maximum Gasteiger partial charge on any atom is 0.163 e. The van der Waals surface area contributed by atoms with E-state index in [9.17, 15) is 0 Å². The molecule has 1 unspecified atom stereocenters. The van der Waals surface area contributed by atoms with Crippen molar-refractivity contribution < 1.29 is 0 Å². The van der Waals surface area contributed by atoms with E-state index in [1.54, 1.807) is 6.20 Å². The quantitative estimate of drug-likeness (QED) is 0.781. The highest BCUT2D eigenvalue weighted by atomic mass is 15.1. The summed E-state index contributed by atoms with van der Waals surface area (Å²) in [5, 5.41) is 12.4. The lowest BCUT2D eigenvalue weighted by Crippen LogP contribution is -2.25. The van der Waals surface area contributed by atoms with Gasteiger partial charge in [-0.3, -0.25) is 0 Å². The predicted molar refractivity (Wildman–Crippen MR) is 79.1 cm³/mol. The Morgan fingerprint density at radius 2 is 2.16 bits per heavy atom. The molecule has 0 amide bonds. The second kappa shape index (κ2) is 8.49. The molecule has 0 aliphatic heterocycles. The average Bonchev–Trinajstić information content (AvgIpc) is 2.44. The van der Waals surface area contributed by atoms with Crippen molar-refractivity contribution in [3.05, 3.63) is 24.0 Å². The zero-order valence-corrected chi connectivity index (χ0v) is 12.2. The summed E-state index contributed by atoms with van der Waals surface area (Å²) in [7, 11) is 0. The van der Waals surface area contributed by atoms with E-state index in [0.29, 0.717) is 11.7 Å². The molecule has 0 radical (unpaired) electrons.